The summed E-state index contributed by atoms with van der Waals surface area (Å²) in [5.74, 6) is 0.690. The fraction of sp³-hybridized carbons (Fsp3) is 0.643. The van der Waals surface area contributed by atoms with Crippen LogP contribution in [0.3, 0.4) is 0 Å². The maximum Gasteiger partial charge on any atom is 0.210 e. The maximum atomic E-state index is 5.86. The molecule has 0 fully saturated rings. The molecule has 0 saturated heterocycles. The zero-order valence-corrected chi connectivity index (χ0v) is 11.5. The van der Waals surface area contributed by atoms with Crippen LogP contribution in [0, 0.1) is 0 Å². The molecule has 0 aliphatic carbocycles. The number of hydrogen-bond acceptors (Lipinski definition) is 3. The molecule has 96 valence electrons. The van der Waals surface area contributed by atoms with E-state index in [2.05, 4.69) is 18.8 Å². The molecule has 1 aliphatic heterocycles. The van der Waals surface area contributed by atoms with Crippen LogP contribution in [-0.4, -0.2) is 30.3 Å². The maximum absolute atomic E-state index is 5.86. The Morgan fingerprint density at radius 1 is 1.35 bits per heavy atom. The Bertz CT molecular complexity index is 328. The van der Waals surface area contributed by atoms with E-state index < -0.39 is 0 Å². The Balaban J connectivity index is 2.60. The summed E-state index contributed by atoms with van der Waals surface area (Å²) in [6.07, 6.45) is 8.02. The number of aliphatic imine (C=N–C) groups is 1. The summed E-state index contributed by atoms with van der Waals surface area (Å²) < 4.78 is 11.4. The van der Waals surface area contributed by atoms with Crippen LogP contribution in [0.25, 0.3) is 0 Å². The van der Waals surface area contributed by atoms with Crippen molar-refractivity contribution in [2.24, 2.45) is 4.99 Å². The van der Waals surface area contributed by atoms with Gasteiger partial charge >= 0.3 is 0 Å². The van der Waals surface area contributed by atoms with E-state index in [0.717, 1.165) is 0 Å². The van der Waals surface area contributed by atoms with Gasteiger partial charge in [0, 0.05) is 0 Å². The standard InChI is InChI=1S/C14H23NO2/c1-6-8-14(5,9-7-2)17-10-12-15-13(3,4)11-16-12/h6-9H,10-11H2,1-5H3/b8-6+,9-7+. The quantitative estimate of drug-likeness (QED) is 0.688. The molecule has 0 saturated carbocycles. The zero-order chi connectivity index (χ0) is 12.9. The van der Waals surface area contributed by atoms with E-state index in [0.29, 0.717) is 19.1 Å². The predicted molar refractivity (Wildman–Crippen MR) is 71.5 cm³/mol. The second-order valence-electron chi connectivity index (χ2n) is 5.08. The van der Waals surface area contributed by atoms with Crippen LogP contribution in [-0.2, 0) is 9.47 Å². The summed E-state index contributed by atoms with van der Waals surface area (Å²) in [6.45, 7) is 11.1. The molecule has 0 aromatic heterocycles. The molecule has 1 heterocycles. The van der Waals surface area contributed by atoms with Crippen molar-refractivity contribution in [3.63, 3.8) is 0 Å². The zero-order valence-electron chi connectivity index (χ0n) is 11.5. The van der Waals surface area contributed by atoms with E-state index >= 15 is 0 Å². The first kappa shape index (κ1) is 14.0. The van der Waals surface area contributed by atoms with Crippen LogP contribution in [0.2, 0.25) is 0 Å². The molecular weight excluding hydrogens is 214 g/mol. The third-order valence-corrected chi connectivity index (χ3v) is 2.52. The van der Waals surface area contributed by atoms with Crippen molar-refractivity contribution in [1.29, 1.82) is 0 Å². The van der Waals surface area contributed by atoms with Crippen LogP contribution in [0.4, 0.5) is 0 Å². The van der Waals surface area contributed by atoms with Gasteiger partial charge in [-0.25, -0.2) is 4.99 Å². The average molecular weight is 237 g/mol. The topological polar surface area (TPSA) is 30.8 Å². The SMILES string of the molecule is C/C=C/C(C)(/C=C/C)OCC1=NC(C)(C)CO1. The van der Waals surface area contributed by atoms with Crippen molar-refractivity contribution in [3.8, 4) is 0 Å². The lowest BCUT2D eigenvalue weighted by Crippen LogP contribution is -2.26. The highest BCUT2D eigenvalue weighted by Crippen LogP contribution is 2.19. The fourth-order valence-corrected chi connectivity index (χ4v) is 1.77. The Hall–Kier alpha value is -1.09. The monoisotopic (exact) mass is 237 g/mol. The van der Waals surface area contributed by atoms with E-state index in [1.165, 1.54) is 0 Å². The van der Waals surface area contributed by atoms with Crippen molar-refractivity contribution in [2.45, 2.75) is 45.8 Å². The Labute approximate surface area is 104 Å². The van der Waals surface area contributed by atoms with E-state index in [-0.39, 0.29) is 11.1 Å². The lowest BCUT2D eigenvalue weighted by atomic mass is 10.1. The lowest BCUT2D eigenvalue weighted by Gasteiger charge is -2.22. The highest BCUT2D eigenvalue weighted by atomic mass is 16.5. The molecule has 17 heavy (non-hydrogen) atoms. The van der Waals surface area contributed by atoms with Gasteiger partial charge < -0.3 is 9.47 Å². The van der Waals surface area contributed by atoms with Crippen LogP contribution in [0.1, 0.15) is 34.6 Å². The Morgan fingerprint density at radius 3 is 2.35 bits per heavy atom. The predicted octanol–water partition coefficient (Wildman–Crippen LogP) is 3.12. The molecule has 0 N–H and O–H groups in total. The normalized spacial score (nSPS) is 19.9. The molecule has 1 aliphatic rings. The number of rotatable bonds is 5. The molecule has 0 spiro atoms. The minimum Gasteiger partial charge on any atom is -0.477 e. The third kappa shape index (κ3) is 4.35. The molecule has 0 radical (unpaired) electrons. The Kier molecular flexibility index (Phi) is 4.52. The fourth-order valence-electron chi connectivity index (χ4n) is 1.77. The molecule has 0 amide bonds. The average Bonchev–Trinajstić information content (AvgIpc) is 2.56. The van der Waals surface area contributed by atoms with Gasteiger partial charge in [0.05, 0.1) is 5.54 Å². The highest BCUT2D eigenvalue weighted by molar-refractivity contribution is 5.79. The summed E-state index contributed by atoms with van der Waals surface area (Å²) >= 11 is 0. The van der Waals surface area contributed by atoms with Crippen molar-refractivity contribution in [3.05, 3.63) is 24.3 Å². The van der Waals surface area contributed by atoms with Crippen LogP contribution >= 0.6 is 0 Å². The minimum absolute atomic E-state index is 0.115. The molecular formula is C14H23NO2. The van der Waals surface area contributed by atoms with E-state index in [4.69, 9.17) is 9.47 Å². The smallest absolute Gasteiger partial charge is 0.210 e. The van der Waals surface area contributed by atoms with Gasteiger partial charge in [-0.3, -0.25) is 0 Å². The van der Waals surface area contributed by atoms with Gasteiger partial charge in [-0.2, -0.15) is 0 Å². The first-order valence-corrected chi connectivity index (χ1v) is 6.04. The van der Waals surface area contributed by atoms with Gasteiger partial charge in [0.15, 0.2) is 0 Å². The van der Waals surface area contributed by atoms with Crippen molar-refractivity contribution < 1.29 is 9.47 Å². The van der Waals surface area contributed by atoms with Gasteiger partial charge in [-0.15, -0.1) is 0 Å². The third-order valence-electron chi connectivity index (χ3n) is 2.52. The van der Waals surface area contributed by atoms with Crippen molar-refractivity contribution in [1.82, 2.24) is 0 Å². The number of allylic oxidation sites excluding steroid dienone is 2. The van der Waals surface area contributed by atoms with Gasteiger partial charge in [0.25, 0.3) is 0 Å². The van der Waals surface area contributed by atoms with E-state index in [1.54, 1.807) is 0 Å². The summed E-state index contributed by atoms with van der Waals surface area (Å²) in [5.41, 5.74) is -0.502. The molecule has 3 nitrogen and oxygen atoms in total. The van der Waals surface area contributed by atoms with Gasteiger partial charge in [-0.05, 0) is 34.6 Å². The van der Waals surface area contributed by atoms with Crippen molar-refractivity contribution >= 4 is 5.90 Å². The van der Waals surface area contributed by atoms with Gasteiger partial charge in [-0.1, -0.05) is 24.3 Å². The largest absolute Gasteiger partial charge is 0.477 e. The molecule has 0 bridgehead atoms. The lowest BCUT2D eigenvalue weighted by molar-refractivity contribution is 0.0602. The molecule has 3 heteroatoms. The van der Waals surface area contributed by atoms with E-state index in [1.807, 2.05) is 45.1 Å². The van der Waals surface area contributed by atoms with Crippen molar-refractivity contribution in [2.75, 3.05) is 13.2 Å². The summed E-state index contributed by atoms with van der Waals surface area (Å²) in [7, 11) is 0. The molecule has 0 atom stereocenters. The minimum atomic E-state index is -0.387. The van der Waals surface area contributed by atoms with Crippen LogP contribution in [0.5, 0.6) is 0 Å². The molecule has 1 rings (SSSR count). The molecule has 0 unspecified atom stereocenters. The van der Waals surface area contributed by atoms with Gasteiger partial charge in [0.2, 0.25) is 5.90 Å². The second kappa shape index (κ2) is 5.50. The number of ether oxygens (including phenoxy) is 2. The summed E-state index contributed by atoms with van der Waals surface area (Å²) in [6, 6.07) is 0. The molecule has 0 aromatic rings. The molecule has 0 aromatic carbocycles. The van der Waals surface area contributed by atoms with Crippen LogP contribution < -0.4 is 0 Å². The van der Waals surface area contributed by atoms with E-state index in [9.17, 15) is 0 Å². The first-order valence-electron chi connectivity index (χ1n) is 6.04. The highest BCUT2D eigenvalue weighted by Gasteiger charge is 2.27. The van der Waals surface area contributed by atoms with Gasteiger partial charge in [0.1, 0.15) is 18.8 Å². The summed E-state index contributed by atoms with van der Waals surface area (Å²) in [4.78, 5) is 4.46. The second-order valence-corrected chi connectivity index (χ2v) is 5.08. The van der Waals surface area contributed by atoms with Crippen LogP contribution in [0.15, 0.2) is 29.3 Å². The Morgan fingerprint density at radius 2 is 1.94 bits per heavy atom. The number of nitrogens with zero attached hydrogens (tertiary/aromatic N) is 1. The number of hydrogen-bond donors (Lipinski definition) is 0. The first-order chi connectivity index (χ1) is 7.91. The summed E-state index contributed by atoms with van der Waals surface area (Å²) in [5, 5.41) is 0.